The Labute approximate surface area is 179 Å². The Morgan fingerprint density at radius 3 is 1.62 bits per heavy atom. The van der Waals surface area contributed by atoms with E-state index < -0.39 is 0 Å². The molecule has 0 spiro atoms. The summed E-state index contributed by atoms with van der Waals surface area (Å²) in [5.41, 5.74) is 5.75. The number of rotatable bonds is 3. The zero-order chi connectivity index (χ0) is 17.9. The molecule has 0 unspecified atom stereocenters. The van der Waals surface area contributed by atoms with Gasteiger partial charge in [-0.2, -0.15) is 4.98 Å². The van der Waals surface area contributed by atoms with Crippen LogP contribution in [0.2, 0.25) is 0 Å². The maximum atomic E-state index is 4.45. The molecule has 126 valence electrons. The Balaban J connectivity index is 1.68. The molecule has 4 rings (SSSR count). The lowest BCUT2D eigenvalue weighted by Crippen LogP contribution is -1.98. The van der Waals surface area contributed by atoms with Crippen molar-refractivity contribution in [3.8, 4) is 33.6 Å². The molecule has 0 fully saturated rings. The average Bonchev–Trinajstić information content (AvgIpc) is 2.68. The lowest BCUT2D eigenvalue weighted by Gasteiger charge is -2.07. The number of hydrogen-bond donors (Lipinski definition) is 0. The Morgan fingerprint density at radius 1 is 0.462 bits per heavy atom. The fourth-order valence-corrected chi connectivity index (χ4v) is 4.15. The van der Waals surface area contributed by atoms with Crippen molar-refractivity contribution < 1.29 is 0 Å². The highest BCUT2D eigenvalue weighted by Gasteiger charge is 2.07. The van der Waals surface area contributed by atoms with Gasteiger partial charge in [0.1, 0.15) is 0 Å². The minimum Gasteiger partial charge on any atom is -0.203 e. The molecule has 3 aromatic carbocycles. The monoisotopic (exact) mass is 561 g/mol. The molecule has 0 N–H and O–H groups in total. The van der Waals surface area contributed by atoms with Gasteiger partial charge in [0.15, 0.2) is 13.5 Å². The standard InChI is InChI=1S/C21H13I2N3/c22-20-24-19(25-21(23)26-20)18-8-4-7-17(13-18)16-11-9-15(10-12-16)14-5-2-1-3-6-14/h1-13H. The van der Waals surface area contributed by atoms with Crippen LogP contribution in [-0.4, -0.2) is 15.0 Å². The summed E-state index contributed by atoms with van der Waals surface area (Å²) in [6.45, 7) is 0. The van der Waals surface area contributed by atoms with Gasteiger partial charge in [0.25, 0.3) is 0 Å². The smallest absolute Gasteiger partial charge is 0.195 e. The Bertz CT molecular complexity index is 1030. The van der Waals surface area contributed by atoms with Gasteiger partial charge in [0.05, 0.1) is 0 Å². The third kappa shape index (κ3) is 3.93. The number of hydrogen-bond acceptors (Lipinski definition) is 3. The molecule has 5 heteroatoms. The van der Waals surface area contributed by atoms with Crippen molar-refractivity contribution in [2.24, 2.45) is 0 Å². The largest absolute Gasteiger partial charge is 0.203 e. The normalized spacial score (nSPS) is 10.7. The van der Waals surface area contributed by atoms with Crippen molar-refractivity contribution in [2.75, 3.05) is 0 Å². The maximum absolute atomic E-state index is 4.45. The van der Waals surface area contributed by atoms with Crippen molar-refractivity contribution >= 4 is 45.2 Å². The van der Waals surface area contributed by atoms with Gasteiger partial charge < -0.3 is 0 Å². The second kappa shape index (κ2) is 7.79. The maximum Gasteiger partial charge on any atom is 0.195 e. The first-order chi connectivity index (χ1) is 12.7. The van der Waals surface area contributed by atoms with Gasteiger partial charge in [0, 0.05) is 50.7 Å². The van der Waals surface area contributed by atoms with Crippen LogP contribution in [0.25, 0.3) is 33.6 Å². The minimum absolute atomic E-state index is 0.703. The van der Waals surface area contributed by atoms with Crippen LogP contribution in [0, 0.1) is 7.66 Å². The highest BCUT2D eigenvalue weighted by atomic mass is 127. The highest BCUT2D eigenvalue weighted by molar-refractivity contribution is 14.1. The summed E-state index contributed by atoms with van der Waals surface area (Å²) < 4.78 is 1.41. The summed E-state index contributed by atoms with van der Waals surface area (Å²) in [6, 6.07) is 27.3. The molecule has 0 saturated carbocycles. The fraction of sp³-hybridized carbons (Fsp3) is 0. The van der Waals surface area contributed by atoms with Crippen LogP contribution in [0.1, 0.15) is 0 Å². The van der Waals surface area contributed by atoms with E-state index >= 15 is 0 Å². The molecule has 3 nitrogen and oxygen atoms in total. The Kier molecular flexibility index (Phi) is 5.26. The van der Waals surface area contributed by atoms with Gasteiger partial charge >= 0.3 is 0 Å². The lowest BCUT2D eigenvalue weighted by atomic mass is 9.99. The van der Waals surface area contributed by atoms with E-state index in [9.17, 15) is 0 Å². The van der Waals surface area contributed by atoms with Gasteiger partial charge in [-0.1, -0.05) is 72.8 Å². The van der Waals surface area contributed by atoms with Crippen molar-refractivity contribution in [3.05, 3.63) is 86.5 Å². The number of halogens is 2. The number of benzene rings is 3. The second-order valence-electron chi connectivity index (χ2n) is 5.72. The highest BCUT2D eigenvalue weighted by Crippen LogP contribution is 2.27. The summed E-state index contributed by atoms with van der Waals surface area (Å²) in [7, 11) is 0. The van der Waals surface area contributed by atoms with Crippen LogP contribution in [-0.2, 0) is 0 Å². The second-order valence-corrected chi connectivity index (χ2v) is 7.65. The summed E-state index contributed by atoms with van der Waals surface area (Å²) in [5, 5.41) is 0. The SMILES string of the molecule is Ic1nc(I)nc(-c2cccc(-c3ccc(-c4ccccc4)cc3)c2)n1. The predicted octanol–water partition coefficient (Wildman–Crippen LogP) is 6.08. The van der Waals surface area contributed by atoms with Crippen molar-refractivity contribution in [1.29, 1.82) is 0 Å². The van der Waals surface area contributed by atoms with Crippen LogP contribution >= 0.6 is 45.2 Å². The first-order valence-electron chi connectivity index (χ1n) is 8.02. The van der Waals surface area contributed by atoms with Gasteiger partial charge in [0.2, 0.25) is 0 Å². The molecule has 0 aliphatic carbocycles. The van der Waals surface area contributed by atoms with Crippen molar-refractivity contribution in [3.63, 3.8) is 0 Å². The van der Waals surface area contributed by atoms with Gasteiger partial charge in [-0.3, -0.25) is 0 Å². The molecule has 26 heavy (non-hydrogen) atoms. The first kappa shape index (κ1) is 17.5. The first-order valence-corrected chi connectivity index (χ1v) is 10.2. The van der Waals surface area contributed by atoms with Gasteiger partial charge in [-0.25, -0.2) is 9.97 Å². The lowest BCUT2D eigenvalue weighted by molar-refractivity contribution is 0.977. The van der Waals surface area contributed by atoms with E-state index in [0.717, 1.165) is 11.1 Å². The van der Waals surface area contributed by atoms with Gasteiger partial charge in [-0.15, -0.1) is 0 Å². The molecule has 0 aliphatic heterocycles. The summed E-state index contributed by atoms with van der Waals surface area (Å²) in [4.78, 5) is 13.1. The molecule has 1 aromatic heterocycles. The van der Waals surface area contributed by atoms with E-state index in [2.05, 4.69) is 121 Å². The molecule has 0 bridgehead atoms. The molecular weight excluding hydrogens is 548 g/mol. The van der Waals surface area contributed by atoms with Crippen molar-refractivity contribution in [1.82, 2.24) is 15.0 Å². The third-order valence-electron chi connectivity index (χ3n) is 4.03. The number of aromatic nitrogens is 3. The van der Waals surface area contributed by atoms with E-state index in [-0.39, 0.29) is 0 Å². The molecule has 0 radical (unpaired) electrons. The van der Waals surface area contributed by atoms with Crippen LogP contribution in [0.4, 0.5) is 0 Å². The molecule has 4 aromatic rings. The molecule has 1 heterocycles. The summed E-state index contributed by atoms with van der Waals surface area (Å²) in [6.07, 6.45) is 0. The van der Waals surface area contributed by atoms with E-state index in [0.29, 0.717) is 13.5 Å². The summed E-state index contributed by atoms with van der Waals surface area (Å²) >= 11 is 4.24. The van der Waals surface area contributed by atoms with E-state index in [4.69, 9.17) is 0 Å². The van der Waals surface area contributed by atoms with E-state index in [1.807, 2.05) is 18.2 Å². The zero-order valence-electron chi connectivity index (χ0n) is 13.6. The van der Waals surface area contributed by atoms with Crippen molar-refractivity contribution in [2.45, 2.75) is 0 Å². The molecular formula is C21H13I2N3. The minimum atomic E-state index is 0.703. The zero-order valence-corrected chi connectivity index (χ0v) is 17.9. The van der Waals surface area contributed by atoms with Gasteiger partial charge in [-0.05, 0) is 28.3 Å². The third-order valence-corrected chi connectivity index (χ3v) is 4.99. The molecule has 0 amide bonds. The fourth-order valence-electron chi connectivity index (χ4n) is 2.78. The molecule has 0 aliphatic rings. The quantitative estimate of drug-likeness (QED) is 0.285. The number of nitrogens with zero attached hydrogens (tertiary/aromatic N) is 3. The van der Waals surface area contributed by atoms with Crippen LogP contribution in [0.15, 0.2) is 78.9 Å². The van der Waals surface area contributed by atoms with E-state index in [1.54, 1.807) is 0 Å². The Hall–Kier alpha value is -1.87. The van der Waals surface area contributed by atoms with Crippen LogP contribution in [0.5, 0.6) is 0 Å². The topological polar surface area (TPSA) is 38.7 Å². The van der Waals surface area contributed by atoms with Crippen LogP contribution in [0.3, 0.4) is 0 Å². The summed E-state index contributed by atoms with van der Waals surface area (Å²) in [5.74, 6) is 0.705. The predicted molar refractivity (Wildman–Crippen MR) is 122 cm³/mol. The van der Waals surface area contributed by atoms with Crippen LogP contribution < -0.4 is 0 Å². The molecule has 0 saturated heterocycles. The average molecular weight is 561 g/mol. The van der Waals surface area contributed by atoms with E-state index in [1.165, 1.54) is 16.7 Å². The molecule has 0 atom stereocenters. The Morgan fingerprint density at radius 2 is 0.962 bits per heavy atom.